The van der Waals surface area contributed by atoms with Gasteiger partial charge < -0.3 is 9.52 Å². The lowest BCUT2D eigenvalue weighted by atomic mass is 10.1. The van der Waals surface area contributed by atoms with Crippen LogP contribution in [0.3, 0.4) is 0 Å². The van der Waals surface area contributed by atoms with Gasteiger partial charge in [-0.05, 0) is 42.0 Å². The minimum Gasteiger partial charge on any atom is -0.508 e. The molecule has 1 aromatic carbocycles. The number of hydrogen-bond donors (Lipinski definition) is 2. The van der Waals surface area contributed by atoms with Crippen LogP contribution in [0.25, 0.3) is 17.0 Å². The molecule has 2 aliphatic heterocycles. The predicted molar refractivity (Wildman–Crippen MR) is 109 cm³/mol. The lowest BCUT2D eigenvalue weighted by Gasteiger charge is -2.20. The van der Waals surface area contributed by atoms with Crippen LogP contribution in [0.1, 0.15) is 25.8 Å². The Morgan fingerprint density at radius 1 is 1.36 bits per heavy atom. The number of carbonyl (C=O) groups excluding carboxylic acids is 1. The Morgan fingerprint density at radius 2 is 2.14 bits per heavy atom. The van der Waals surface area contributed by atoms with Gasteiger partial charge in [0.2, 0.25) is 5.17 Å². The summed E-state index contributed by atoms with van der Waals surface area (Å²) in [5, 5.41) is 25.0. The van der Waals surface area contributed by atoms with Crippen LogP contribution < -0.4 is 5.43 Å². The Hall–Kier alpha value is -3.20. The van der Waals surface area contributed by atoms with Crippen molar-refractivity contribution >= 4 is 50.8 Å². The van der Waals surface area contributed by atoms with Crippen molar-refractivity contribution < 1.29 is 14.3 Å². The zero-order valence-corrected chi connectivity index (χ0v) is 15.9. The summed E-state index contributed by atoms with van der Waals surface area (Å²) < 4.78 is 5.42. The Kier molecular flexibility index (Phi) is 4.38. The molecule has 1 aromatic heterocycles. The molecule has 2 aliphatic rings. The SMILES string of the molecule is CC(C)CC1=NN2C(=N)C(=Cc3coc4ccc(O)cc4c3=O)C(=O)N=C2S1. The van der Waals surface area contributed by atoms with E-state index in [9.17, 15) is 14.7 Å². The van der Waals surface area contributed by atoms with Gasteiger partial charge in [-0.15, -0.1) is 0 Å². The Labute approximate surface area is 163 Å². The second kappa shape index (κ2) is 6.75. The molecule has 4 rings (SSSR count). The fraction of sp³-hybridized carbons (Fsp3) is 0.211. The van der Waals surface area contributed by atoms with Gasteiger partial charge in [-0.2, -0.15) is 15.1 Å². The number of carbonyl (C=O) groups is 1. The Morgan fingerprint density at radius 3 is 2.89 bits per heavy atom. The van der Waals surface area contributed by atoms with Crippen molar-refractivity contribution in [2.75, 3.05) is 0 Å². The molecular formula is C19H16N4O4S. The van der Waals surface area contributed by atoms with Crippen molar-refractivity contribution in [2.45, 2.75) is 20.3 Å². The molecule has 8 nitrogen and oxygen atoms in total. The fourth-order valence-electron chi connectivity index (χ4n) is 2.85. The monoisotopic (exact) mass is 396 g/mol. The highest BCUT2D eigenvalue weighted by molar-refractivity contribution is 8.26. The molecule has 142 valence electrons. The highest BCUT2D eigenvalue weighted by Crippen LogP contribution is 2.30. The third-order valence-electron chi connectivity index (χ3n) is 4.16. The highest BCUT2D eigenvalue weighted by atomic mass is 32.2. The van der Waals surface area contributed by atoms with Crippen molar-refractivity contribution in [3.05, 3.63) is 45.8 Å². The number of hydrazone groups is 1. The first-order valence-corrected chi connectivity index (χ1v) is 9.39. The maximum Gasteiger partial charge on any atom is 0.283 e. The zero-order chi connectivity index (χ0) is 20.0. The summed E-state index contributed by atoms with van der Waals surface area (Å²) in [6.07, 6.45) is 3.22. The number of nitrogens with one attached hydrogen (secondary N) is 1. The summed E-state index contributed by atoms with van der Waals surface area (Å²) >= 11 is 1.27. The number of phenolic OH excluding ortho intramolecular Hbond substituents is 1. The molecule has 9 heteroatoms. The first-order valence-electron chi connectivity index (χ1n) is 8.57. The van der Waals surface area contributed by atoms with E-state index >= 15 is 0 Å². The van der Waals surface area contributed by atoms with Crippen LogP contribution in [-0.4, -0.2) is 32.1 Å². The minimum absolute atomic E-state index is 0.0503. The normalized spacial score (nSPS) is 18.1. The predicted octanol–water partition coefficient (Wildman–Crippen LogP) is 3.16. The van der Waals surface area contributed by atoms with Gasteiger partial charge >= 0.3 is 0 Å². The molecule has 1 amide bonds. The van der Waals surface area contributed by atoms with Gasteiger partial charge in [0.05, 0.1) is 16.5 Å². The van der Waals surface area contributed by atoms with E-state index in [-0.39, 0.29) is 28.1 Å². The van der Waals surface area contributed by atoms with Gasteiger partial charge in [0.15, 0.2) is 11.3 Å². The molecular weight excluding hydrogens is 380 g/mol. The maximum atomic E-state index is 12.7. The molecule has 28 heavy (non-hydrogen) atoms. The van der Waals surface area contributed by atoms with Crippen molar-refractivity contribution in [2.24, 2.45) is 16.0 Å². The van der Waals surface area contributed by atoms with E-state index in [1.807, 2.05) is 0 Å². The number of rotatable bonds is 3. The van der Waals surface area contributed by atoms with Crippen LogP contribution in [0.4, 0.5) is 0 Å². The molecule has 2 N–H and O–H groups in total. The first-order chi connectivity index (χ1) is 13.3. The van der Waals surface area contributed by atoms with E-state index < -0.39 is 11.3 Å². The second-order valence-electron chi connectivity index (χ2n) is 6.81. The van der Waals surface area contributed by atoms with Gasteiger partial charge in [-0.25, -0.2) is 0 Å². The van der Waals surface area contributed by atoms with Crippen LogP contribution in [0.5, 0.6) is 5.75 Å². The first kappa shape index (κ1) is 18.2. The zero-order valence-electron chi connectivity index (χ0n) is 15.1. The molecule has 0 spiro atoms. The van der Waals surface area contributed by atoms with E-state index in [1.54, 1.807) is 0 Å². The minimum atomic E-state index is -0.611. The van der Waals surface area contributed by atoms with Crippen molar-refractivity contribution in [3.63, 3.8) is 0 Å². The maximum absolute atomic E-state index is 12.7. The number of thioether (sulfide) groups is 1. The number of aliphatic imine (C=N–C) groups is 1. The lowest BCUT2D eigenvalue weighted by molar-refractivity contribution is -0.114. The number of fused-ring (bicyclic) bond motifs is 2. The summed E-state index contributed by atoms with van der Waals surface area (Å²) in [6.45, 7) is 4.11. The third-order valence-corrected chi connectivity index (χ3v) is 5.09. The lowest BCUT2D eigenvalue weighted by Crippen LogP contribution is -2.35. The Balaban J connectivity index is 1.75. The van der Waals surface area contributed by atoms with Crippen molar-refractivity contribution in [3.8, 4) is 5.75 Å². The molecule has 0 bridgehead atoms. The summed E-state index contributed by atoms with van der Waals surface area (Å²) in [5.74, 6) is -0.440. The van der Waals surface area contributed by atoms with Crippen molar-refractivity contribution in [1.29, 1.82) is 5.41 Å². The van der Waals surface area contributed by atoms with Crippen LogP contribution in [-0.2, 0) is 4.79 Å². The summed E-state index contributed by atoms with van der Waals surface area (Å²) in [6, 6.07) is 4.20. The van der Waals surface area contributed by atoms with E-state index in [4.69, 9.17) is 9.83 Å². The van der Waals surface area contributed by atoms with E-state index in [2.05, 4.69) is 23.9 Å². The fourth-order valence-corrected chi connectivity index (χ4v) is 3.95. The average Bonchev–Trinajstić information content (AvgIpc) is 3.02. The Bertz CT molecular complexity index is 1180. The van der Waals surface area contributed by atoms with Crippen LogP contribution >= 0.6 is 11.8 Å². The van der Waals surface area contributed by atoms with Gasteiger partial charge in [0.25, 0.3) is 5.91 Å². The van der Waals surface area contributed by atoms with E-state index in [0.717, 1.165) is 11.5 Å². The van der Waals surface area contributed by atoms with Crippen LogP contribution in [0.15, 0.2) is 49.3 Å². The summed E-state index contributed by atoms with van der Waals surface area (Å²) in [5.41, 5.74) is -0.0669. The number of phenols is 1. The smallest absolute Gasteiger partial charge is 0.283 e. The molecule has 3 heterocycles. The number of aromatic hydroxyl groups is 1. The van der Waals surface area contributed by atoms with Crippen molar-refractivity contribution in [1.82, 2.24) is 5.01 Å². The largest absolute Gasteiger partial charge is 0.508 e. The number of amidine groups is 2. The molecule has 0 saturated carbocycles. The number of nitrogens with zero attached hydrogens (tertiary/aromatic N) is 3. The van der Waals surface area contributed by atoms with Gasteiger partial charge in [0.1, 0.15) is 22.6 Å². The van der Waals surface area contributed by atoms with Gasteiger partial charge in [0, 0.05) is 6.42 Å². The van der Waals surface area contributed by atoms with Gasteiger partial charge in [-0.1, -0.05) is 13.8 Å². The summed E-state index contributed by atoms with van der Waals surface area (Å²) in [4.78, 5) is 29.1. The second-order valence-corrected chi connectivity index (χ2v) is 7.85. The number of hydrogen-bond acceptors (Lipinski definition) is 7. The molecule has 0 unspecified atom stereocenters. The molecule has 0 aliphatic carbocycles. The quantitative estimate of drug-likeness (QED) is 0.769. The standard InChI is InChI=1S/C19H16N4O4S/c1-9(2)5-15-22-23-17(20)13(18(26)21-19(23)28-15)6-10-8-27-14-4-3-11(24)7-12(14)16(10)25/h3-4,6-9,20,24H,5H2,1-2H3. The van der Waals surface area contributed by atoms with E-state index in [1.165, 1.54) is 47.3 Å². The van der Waals surface area contributed by atoms with E-state index in [0.29, 0.717) is 16.7 Å². The molecule has 0 fully saturated rings. The van der Waals surface area contributed by atoms with Crippen LogP contribution in [0, 0.1) is 11.3 Å². The summed E-state index contributed by atoms with van der Waals surface area (Å²) in [7, 11) is 0. The van der Waals surface area contributed by atoms with Crippen LogP contribution in [0.2, 0.25) is 0 Å². The molecule has 2 aromatic rings. The number of amides is 1. The average molecular weight is 396 g/mol. The number of benzene rings is 1. The molecule has 0 saturated heterocycles. The topological polar surface area (TPSA) is 119 Å². The van der Waals surface area contributed by atoms with Gasteiger partial charge in [-0.3, -0.25) is 15.0 Å². The highest BCUT2D eigenvalue weighted by Gasteiger charge is 2.35. The third kappa shape index (κ3) is 3.13. The molecule has 0 radical (unpaired) electrons. The molecule has 0 atom stereocenters.